The van der Waals surface area contributed by atoms with Crippen molar-refractivity contribution in [2.24, 2.45) is 0 Å². The molecule has 1 amide bonds. The van der Waals surface area contributed by atoms with Crippen molar-refractivity contribution in [1.82, 2.24) is 15.1 Å². The molecule has 0 spiro atoms. The Bertz CT molecular complexity index is 876. The molecule has 3 rings (SSSR count). The van der Waals surface area contributed by atoms with Crippen molar-refractivity contribution in [3.05, 3.63) is 70.3 Å². The Hall–Kier alpha value is -2.50. The van der Waals surface area contributed by atoms with Gasteiger partial charge in [-0.1, -0.05) is 35.3 Å². The van der Waals surface area contributed by atoms with Crippen LogP contribution in [0.3, 0.4) is 0 Å². The Balaban J connectivity index is 1.88. The smallest absolute Gasteiger partial charge is 0.404 e. The molecule has 0 aliphatic rings. The fraction of sp³-hybridized carbons (Fsp3) is 0.0588. The topological polar surface area (TPSA) is 67.2 Å². The number of carboxylic acid groups (broad SMARTS) is 1. The molecule has 2 aromatic carbocycles. The molecule has 0 unspecified atom stereocenters. The molecule has 24 heavy (non-hydrogen) atoms. The van der Waals surface area contributed by atoms with Crippen molar-refractivity contribution < 1.29 is 9.90 Å². The van der Waals surface area contributed by atoms with Gasteiger partial charge in [-0.15, -0.1) is 0 Å². The molecule has 0 aliphatic heterocycles. The zero-order valence-electron chi connectivity index (χ0n) is 12.4. The monoisotopic (exact) mass is 361 g/mol. The quantitative estimate of drug-likeness (QED) is 0.712. The van der Waals surface area contributed by atoms with Crippen LogP contribution in [-0.2, 0) is 6.54 Å². The highest BCUT2D eigenvalue weighted by Crippen LogP contribution is 2.23. The Labute approximate surface area is 148 Å². The van der Waals surface area contributed by atoms with Gasteiger partial charge in [-0.05, 0) is 42.0 Å². The van der Waals surface area contributed by atoms with E-state index in [4.69, 9.17) is 28.3 Å². The van der Waals surface area contributed by atoms with Crippen LogP contribution in [0.15, 0.2) is 54.7 Å². The van der Waals surface area contributed by atoms with Gasteiger partial charge < -0.3 is 10.4 Å². The van der Waals surface area contributed by atoms with Crippen LogP contribution in [0.5, 0.6) is 0 Å². The van der Waals surface area contributed by atoms with E-state index in [1.807, 2.05) is 42.6 Å². The van der Waals surface area contributed by atoms with Crippen LogP contribution in [0.25, 0.3) is 16.9 Å². The second kappa shape index (κ2) is 6.95. The number of nitrogens with zero attached hydrogens (tertiary/aromatic N) is 2. The van der Waals surface area contributed by atoms with Crippen molar-refractivity contribution in [3.8, 4) is 16.9 Å². The maximum absolute atomic E-state index is 10.6. The largest absolute Gasteiger partial charge is 0.465 e. The Kier molecular flexibility index (Phi) is 4.74. The average molecular weight is 362 g/mol. The van der Waals surface area contributed by atoms with Gasteiger partial charge in [0.25, 0.3) is 0 Å². The lowest BCUT2D eigenvalue weighted by molar-refractivity contribution is 0.194. The van der Waals surface area contributed by atoms with Crippen LogP contribution < -0.4 is 5.32 Å². The van der Waals surface area contributed by atoms with Crippen molar-refractivity contribution in [1.29, 1.82) is 0 Å². The third-order valence-electron chi connectivity index (χ3n) is 3.45. The summed E-state index contributed by atoms with van der Waals surface area (Å²) >= 11 is 12.0. The number of aromatic nitrogens is 2. The first kappa shape index (κ1) is 16.4. The van der Waals surface area contributed by atoms with E-state index in [-0.39, 0.29) is 6.54 Å². The molecule has 2 N–H and O–H groups in total. The molecule has 0 saturated heterocycles. The standard InChI is InChI=1S/C17H13Cl2N3O2/c18-13-3-1-11(2-4-13)16-7-8-22(21-16)14-5-6-15(19)12(9-14)10-20-17(23)24/h1-9,20H,10H2,(H,23,24). The lowest BCUT2D eigenvalue weighted by Gasteiger charge is -2.08. The van der Waals surface area contributed by atoms with Gasteiger partial charge in [-0.2, -0.15) is 5.10 Å². The third-order valence-corrected chi connectivity index (χ3v) is 4.07. The predicted molar refractivity (Wildman–Crippen MR) is 93.9 cm³/mol. The molecule has 0 atom stereocenters. The van der Waals surface area contributed by atoms with Gasteiger partial charge in [0.2, 0.25) is 0 Å². The fourth-order valence-electron chi connectivity index (χ4n) is 2.25. The summed E-state index contributed by atoms with van der Waals surface area (Å²) in [5.74, 6) is 0. The zero-order valence-corrected chi connectivity index (χ0v) is 13.9. The number of amides is 1. The molecule has 3 aromatic rings. The van der Waals surface area contributed by atoms with Gasteiger partial charge in [-0.3, -0.25) is 0 Å². The van der Waals surface area contributed by atoms with Crippen LogP contribution in [-0.4, -0.2) is 21.0 Å². The van der Waals surface area contributed by atoms with Crippen molar-refractivity contribution in [3.63, 3.8) is 0 Å². The minimum Gasteiger partial charge on any atom is -0.465 e. The molecule has 7 heteroatoms. The van der Waals surface area contributed by atoms with Gasteiger partial charge in [0.1, 0.15) is 0 Å². The Morgan fingerprint density at radius 2 is 1.88 bits per heavy atom. The molecule has 0 saturated carbocycles. The van der Waals surface area contributed by atoms with Crippen LogP contribution in [0.4, 0.5) is 4.79 Å². The number of halogens is 2. The highest BCUT2D eigenvalue weighted by Gasteiger charge is 2.08. The lowest BCUT2D eigenvalue weighted by atomic mass is 10.2. The Morgan fingerprint density at radius 3 is 2.58 bits per heavy atom. The second-order valence-electron chi connectivity index (χ2n) is 5.09. The van der Waals surface area contributed by atoms with E-state index in [0.717, 1.165) is 16.9 Å². The summed E-state index contributed by atoms with van der Waals surface area (Å²) in [4.78, 5) is 10.6. The van der Waals surface area contributed by atoms with Crippen LogP contribution in [0.2, 0.25) is 10.0 Å². The summed E-state index contributed by atoms with van der Waals surface area (Å²) < 4.78 is 1.71. The number of benzene rings is 2. The van der Waals surface area contributed by atoms with E-state index < -0.39 is 6.09 Å². The predicted octanol–water partition coefficient (Wildman–Crippen LogP) is 4.61. The molecule has 0 bridgehead atoms. The molecule has 1 aromatic heterocycles. The van der Waals surface area contributed by atoms with Crippen molar-refractivity contribution >= 4 is 29.3 Å². The van der Waals surface area contributed by atoms with Gasteiger partial charge in [0, 0.05) is 28.4 Å². The van der Waals surface area contributed by atoms with Gasteiger partial charge in [-0.25, -0.2) is 9.48 Å². The van der Waals surface area contributed by atoms with E-state index in [1.54, 1.807) is 16.8 Å². The van der Waals surface area contributed by atoms with Crippen LogP contribution >= 0.6 is 23.2 Å². The van der Waals surface area contributed by atoms with Crippen molar-refractivity contribution in [2.75, 3.05) is 0 Å². The van der Waals surface area contributed by atoms with E-state index >= 15 is 0 Å². The summed E-state index contributed by atoms with van der Waals surface area (Å²) in [6, 6.07) is 14.7. The second-order valence-corrected chi connectivity index (χ2v) is 5.93. The highest BCUT2D eigenvalue weighted by atomic mass is 35.5. The number of nitrogens with one attached hydrogen (secondary N) is 1. The summed E-state index contributed by atoms with van der Waals surface area (Å²) in [7, 11) is 0. The summed E-state index contributed by atoms with van der Waals surface area (Å²) in [6.07, 6.45) is 0.738. The summed E-state index contributed by atoms with van der Waals surface area (Å²) in [5.41, 5.74) is 3.24. The van der Waals surface area contributed by atoms with Crippen LogP contribution in [0.1, 0.15) is 5.56 Å². The fourth-order valence-corrected chi connectivity index (χ4v) is 2.56. The summed E-state index contributed by atoms with van der Waals surface area (Å²) in [5, 5.41) is 16.7. The Morgan fingerprint density at radius 1 is 1.12 bits per heavy atom. The highest BCUT2D eigenvalue weighted by molar-refractivity contribution is 6.31. The normalized spacial score (nSPS) is 10.6. The SMILES string of the molecule is O=C(O)NCc1cc(-n2ccc(-c3ccc(Cl)cc3)n2)ccc1Cl. The molecular weight excluding hydrogens is 349 g/mol. The minimum absolute atomic E-state index is 0.132. The molecule has 5 nitrogen and oxygen atoms in total. The molecule has 122 valence electrons. The minimum atomic E-state index is -1.10. The molecule has 1 heterocycles. The average Bonchev–Trinajstić information content (AvgIpc) is 3.04. The van der Waals surface area contributed by atoms with Gasteiger partial charge >= 0.3 is 6.09 Å². The van der Waals surface area contributed by atoms with E-state index in [0.29, 0.717) is 15.6 Å². The summed E-state index contributed by atoms with van der Waals surface area (Å²) in [6.45, 7) is 0.132. The maximum Gasteiger partial charge on any atom is 0.404 e. The van der Waals surface area contributed by atoms with Crippen molar-refractivity contribution in [2.45, 2.75) is 6.54 Å². The first-order valence-corrected chi connectivity index (χ1v) is 7.86. The third kappa shape index (κ3) is 3.69. The molecule has 0 radical (unpaired) electrons. The first-order chi connectivity index (χ1) is 11.5. The number of hydrogen-bond acceptors (Lipinski definition) is 2. The molecule has 0 aliphatic carbocycles. The van der Waals surface area contributed by atoms with Gasteiger partial charge in [0.15, 0.2) is 0 Å². The molecule has 0 fully saturated rings. The van der Waals surface area contributed by atoms with E-state index in [2.05, 4.69) is 10.4 Å². The first-order valence-electron chi connectivity index (χ1n) is 7.10. The van der Waals surface area contributed by atoms with Gasteiger partial charge in [0.05, 0.1) is 11.4 Å². The molecular formula is C17H13Cl2N3O2. The number of rotatable bonds is 4. The number of carbonyl (C=O) groups is 1. The van der Waals surface area contributed by atoms with E-state index in [1.165, 1.54) is 0 Å². The number of hydrogen-bond donors (Lipinski definition) is 2. The zero-order chi connectivity index (χ0) is 17.1. The van der Waals surface area contributed by atoms with Crippen LogP contribution in [0, 0.1) is 0 Å². The van der Waals surface area contributed by atoms with E-state index in [9.17, 15) is 4.79 Å². The maximum atomic E-state index is 10.6. The lowest BCUT2D eigenvalue weighted by Crippen LogP contribution is -2.20.